The zero-order valence-corrected chi connectivity index (χ0v) is 17.5. The Morgan fingerprint density at radius 3 is 2.50 bits per heavy atom. The van der Waals surface area contributed by atoms with Crippen molar-refractivity contribution in [3.8, 4) is 0 Å². The van der Waals surface area contributed by atoms with Crippen LogP contribution in [0, 0.1) is 0 Å². The molecule has 1 N–H and O–H groups in total. The normalized spacial score (nSPS) is 20.7. The number of H-pyrrole nitrogens is 1. The number of nitrogens with zero attached hydrogens (tertiary/aromatic N) is 3. The molecule has 0 aliphatic carbocycles. The number of fused-ring (bicyclic) bond motifs is 1. The van der Waals surface area contributed by atoms with Gasteiger partial charge < -0.3 is 19.2 Å². The number of nitrogens with one attached hydrogen (secondary N) is 1. The maximum absolute atomic E-state index is 12.1. The molecule has 3 atom stereocenters. The molecule has 2 aromatic carbocycles. The Hall–Kier alpha value is -3.33. The molecule has 8 heteroatoms. The molecule has 2 aromatic heterocycles. The van der Waals surface area contributed by atoms with Crippen LogP contribution in [-0.2, 0) is 27.4 Å². The van der Waals surface area contributed by atoms with Crippen molar-refractivity contribution in [3.63, 3.8) is 0 Å². The van der Waals surface area contributed by atoms with Crippen LogP contribution >= 0.6 is 0 Å². The van der Waals surface area contributed by atoms with Crippen LogP contribution < -0.4 is 5.56 Å². The minimum atomic E-state index is -0.504. The van der Waals surface area contributed by atoms with Crippen LogP contribution in [0.3, 0.4) is 0 Å². The average Bonchev–Trinajstić information content (AvgIpc) is 3.44. The Balaban J connectivity index is 1.32. The number of rotatable bonds is 8. The van der Waals surface area contributed by atoms with Crippen molar-refractivity contribution in [2.24, 2.45) is 0 Å². The summed E-state index contributed by atoms with van der Waals surface area (Å²) in [6.45, 7) is 1.41. The molecule has 1 saturated heterocycles. The largest absolute Gasteiger partial charge is 0.374 e. The molecular formula is C24H24N4O4. The molecule has 4 aromatic rings. The molecule has 0 saturated carbocycles. The molecular weight excluding hydrogens is 408 g/mol. The maximum Gasteiger partial charge on any atom is 0.261 e. The van der Waals surface area contributed by atoms with Crippen molar-refractivity contribution in [1.29, 1.82) is 0 Å². The van der Waals surface area contributed by atoms with E-state index in [1.54, 1.807) is 4.68 Å². The number of aromatic nitrogens is 4. The van der Waals surface area contributed by atoms with E-state index in [0.29, 0.717) is 37.3 Å². The molecule has 1 fully saturated rings. The SMILES string of the molecule is O=c1[nH]cnc2c1cnn2[C@@H]1O[C@H](COCc2ccccc2)C[C@H]1OCc1ccccc1. The van der Waals surface area contributed by atoms with Gasteiger partial charge in [0.2, 0.25) is 0 Å². The maximum atomic E-state index is 12.1. The van der Waals surface area contributed by atoms with Gasteiger partial charge in [0.15, 0.2) is 11.9 Å². The molecule has 1 aliphatic heterocycles. The van der Waals surface area contributed by atoms with Gasteiger partial charge in [0.1, 0.15) is 11.5 Å². The first kappa shape index (κ1) is 20.6. The van der Waals surface area contributed by atoms with Gasteiger partial charge in [0, 0.05) is 6.42 Å². The molecule has 1 aliphatic rings. The van der Waals surface area contributed by atoms with Crippen LogP contribution in [0.4, 0.5) is 0 Å². The zero-order valence-electron chi connectivity index (χ0n) is 17.5. The third kappa shape index (κ3) is 4.47. The fourth-order valence-corrected chi connectivity index (χ4v) is 3.91. The molecule has 0 amide bonds. The summed E-state index contributed by atoms with van der Waals surface area (Å²) in [5.74, 6) is 0. The Bertz CT molecular complexity index is 1210. The van der Waals surface area contributed by atoms with E-state index in [-0.39, 0.29) is 17.8 Å². The van der Waals surface area contributed by atoms with E-state index in [1.165, 1.54) is 12.5 Å². The Kier molecular flexibility index (Phi) is 6.06. The van der Waals surface area contributed by atoms with Gasteiger partial charge in [-0.05, 0) is 11.1 Å². The number of ether oxygens (including phenoxy) is 3. The second-order valence-electron chi connectivity index (χ2n) is 7.78. The van der Waals surface area contributed by atoms with Crippen LogP contribution in [0.2, 0.25) is 0 Å². The fraction of sp³-hybridized carbons (Fsp3) is 0.292. The third-order valence-corrected chi connectivity index (χ3v) is 5.50. The average molecular weight is 432 g/mol. The van der Waals surface area contributed by atoms with Gasteiger partial charge in [-0.15, -0.1) is 0 Å². The molecule has 164 valence electrons. The highest BCUT2D eigenvalue weighted by Gasteiger charge is 2.39. The fourth-order valence-electron chi connectivity index (χ4n) is 3.91. The van der Waals surface area contributed by atoms with Crippen LogP contribution in [-0.4, -0.2) is 38.6 Å². The first-order valence-corrected chi connectivity index (χ1v) is 10.6. The quantitative estimate of drug-likeness (QED) is 0.460. The highest BCUT2D eigenvalue weighted by atomic mass is 16.6. The molecule has 3 heterocycles. The lowest BCUT2D eigenvalue weighted by Gasteiger charge is -2.20. The van der Waals surface area contributed by atoms with Gasteiger partial charge in [0.25, 0.3) is 5.56 Å². The van der Waals surface area contributed by atoms with Crippen molar-refractivity contribution in [2.75, 3.05) is 6.61 Å². The van der Waals surface area contributed by atoms with Crippen LogP contribution in [0.5, 0.6) is 0 Å². The first-order valence-electron chi connectivity index (χ1n) is 10.6. The monoisotopic (exact) mass is 432 g/mol. The third-order valence-electron chi connectivity index (χ3n) is 5.50. The molecule has 32 heavy (non-hydrogen) atoms. The van der Waals surface area contributed by atoms with Gasteiger partial charge in [-0.3, -0.25) is 4.79 Å². The minimum Gasteiger partial charge on any atom is -0.374 e. The van der Waals surface area contributed by atoms with Gasteiger partial charge in [-0.1, -0.05) is 60.7 Å². The van der Waals surface area contributed by atoms with Gasteiger partial charge in [-0.25, -0.2) is 9.67 Å². The number of hydrogen-bond donors (Lipinski definition) is 1. The lowest BCUT2D eigenvalue weighted by atomic mass is 10.2. The highest BCUT2D eigenvalue weighted by molar-refractivity contribution is 5.72. The zero-order chi connectivity index (χ0) is 21.8. The summed E-state index contributed by atoms with van der Waals surface area (Å²) in [6.07, 6.45) is 2.61. The molecule has 0 bridgehead atoms. The van der Waals surface area contributed by atoms with Crippen molar-refractivity contribution in [1.82, 2.24) is 19.7 Å². The van der Waals surface area contributed by atoms with E-state index in [0.717, 1.165) is 11.1 Å². The van der Waals surface area contributed by atoms with Crippen LogP contribution in [0.1, 0.15) is 23.8 Å². The van der Waals surface area contributed by atoms with E-state index in [4.69, 9.17) is 14.2 Å². The van der Waals surface area contributed by atoms with E-state index in [9.17, 15) is 4.79 Å². The molecule has 8 nitrogen and oxygen atoms in total. The lowest BCUT2D eigenvalue weighted by Crippen LogP contribution is -2.24. The van der Waals surface area contributed by atoms with E-state index >= 15 is 0 Å². The molecule has 0 radical (unpaired) electrons. The predicted molar refractivity (Wildman–Crippen MR) is 118 cm³/mol. The van der Waals surface area contributed by atoms with Gasteiger partial charge >= 0.3 is 0 Å². The highest BCUT2D eigenvalue weighted by Crippen LogP contribution is 2.33. The summed E-state index contributed by atoms with van der Waals surface area (Å²) in [6, 6.07) is 20.0. The van der Waals surface area contributed by atoms with Crippen LogP contribution in [0.25, 0.3) is 11.0 Å². The summed E-state index contributed by atoms with van der Waals surface area (Å²) in [7, 11) is 0. The van der Waals surface area contributed by atoms with Gasteiger partial charge in [-0.2, -0.15) is 5.10 Å². The molecule has 0 unspecified atom stereocenters. The predicted octanol–water partition coefficient (Wildman–Crippen LogP) is 3.21. The Morgan fingerprint density at radius 2 is 1.75 bits per heavy atom. The van der Waals surface area contributed by atoms with E-state index in [2.05, 4.69) is 15.1 Å². The Morgan fingerprint density at radius 1 is 1.03 bits per heavy atom. The second-order valence-corrected chi connectivity index (χ2v) is 7.78. The van der Waals surface area contributed by atoms with Crippen LogP contribution in [0.15, 0.2) is 78.0 Å². The summed E-state index contributed by atoms with van der Waals surface area (Å²) in [4.78, 5) is 19.0. The summed E-state index contributed by atoms with van der Waals surface area (Å²) < 4.78 is 20.1. The number of benzene rings is 2. The van der Waals surface area contributed by atoms with E-state index in [1.807, 2.05) is 60.7 Å². The smallest absolute Gasteiger partial charge is 0.261 e. The Labute approximate surface area is 184 Å². The molecule has 0 spiro atoms. The van der Waals surface area contributed by atoms with Crippen molar-refractivity contribution >= 4 is 11.0 Å². The summed E-state index contributed by atoms with van der Waals surface area (Å²) in [5.41, 5.74) is 2.43. The first-order chi connectivity index (χ1) is 15.8. The summed E-state index contributed by atoms with van der Waals surface area (Å²) in [5, 5.41) is 4.81. The molecule has 5 rings (SSSR count). The van der Waals surface area contributed by atoms with Crippen molar-refractivity contribution in [3.05, 3.63) is 94.7 Å². The lowest BCUT2D eigenvalue weighted by molar-refractivity contribution is -0.0855. The minimum absolute atomic E-state index is 0.161. The second kappa shape index (κ2) is 9.44. The topological polar surface area (TPSA) is 91.3 Å². The van der Waals surface area contributed by atoms with Gasteiger partial charge in [0.05, 0.1) is 38.4 Å². The van der Waals surface area contributed by atoms with Crippen molar-refractivity contribution < 1.29 is 14.2 Å². The van der Waals surface area contributed by atoms with Crippen molar-refractivity contribution in [2.45, 2.75) is 38.1 Å². The number of hydrogen-bond acceptors (Lipinski definition) is 6. The van der Waals surface area contributed by atoms with E-state index < -0.39 is 6.23 Å². The summed E-state index contributed by atoms with van der Waals surface area (Å²) >= 11 is 0. The standard InChI is InChI=1S/C24H24N4O4/c29-23-20-12-27-28(22(20)25-16-26-23)24-21(31-14-18-9-5-2-6-10-18)11-19(32-24)15-30-13-17-7-3-1-4-8-17/h1-10,12,16,19,21,24H,11,13-15H2,(H,25,26,29)/t19-,21+,24+/m0/s1. The number of aromatic amines is 1.